The predicted molar refractivity (Wildman–Crippen MR) is 104 cm³/mol. The van der Waals surface area contributed by atoms with Crippen LogP contribution in [0, 0.1) is 19.8 Å². The summed E-state index contributed by atoms with van der Waals surface area (Å²) in [4.78, 5) is 17.6. The molecule has 2 aliphatic heterocycles. The van der Waals surface area contributed by atoms with Gasteiger partial charge in [0, 0.05) is 23.5 Å². The van der Waals surface area contributed by atoms with Crippen LogP contribution in [0.4, 0.5) is 11.4 Å². The standard InChI is InChI=1S/C22H26N2O2/c1-14(2)12-26-22(25)21-18-10-16(4)6-8-20(18)23-11-17-9-15(3)5-7-19(17)24(21)13-23/h5-10,14,21H,11-13H2,1-4H3/t21-/m0/s1. The van der Waals surface area contributed by atoms with Crippen LogP contribution >= 0.6 is 0 Å². The van der Waals surface area contributed by atoms with Crippen LogP contribution in [0.1, 0.15) is 42.1 Å². The quantitative estimate of drug-likeness (QED) is 0.771. The molecule has 0 fully saturated rings. The highest BCUT2D eigenvalue weighted by Gasteiger charge is 2.41. The number of nitrogens with zero attached hydrogens (tertiary/aromatic N) is 2. The lowest BCUT2D eigenvalue weighted by Crippen LogP contribution is -2.51. The minimum Gasteiger partial charge on any atom is -0.464 e. The Hall–Kier alpha value is -2.49. The summed E-state index contributed by atoms with van der Waals surface area (Å²) in [7, 11) is 0. The van der Waals surface area contributed by atoms with Gasteiger partial charge in [0.25, 0.3) is 0 Å². The van der Waals surface area contributed by atoms with E-state index < -0.39 is 0 Å². The van der Waals surface area contributed by atoms with Crippen LogP contribution in [-0.2, 0) is 16.1 Å². The van der Waals surface area contributed by atoms with Crippen molar-refractivity contribution >= 4 is 17.3 Å². The van der Waals surface area contributed by atoms with Crippen LogP contribution in [-0.4, -0.2) is 19.2 Å². The maximum absolute atomic E-state index is 13.1. The number of carbonyl (C=O) groups excluding carboxylic acids is 1. The fourth-order valence-corrected chi connectivity index (χ4v) is 3.95. The molecule has 0 saturated heterocycles. The van der Waals surface area contributed by atoms with Crippen LogP contribution in [0.5, 0.6) is 0 Å². The number of carbonyl (C=O) groups is 1. The summed E-state index contributed by atoms with van der Waals surface area (Å²) in [6.07, 6.45) is 0. The fraction of sp³-hybridized carbons (Fsp3) is 0.409. The minimum absolute atomic E-state index is 0.154. The van der Waals surface area contributed by atoms with Gasteiger partial charge in [-0.05, 0) is 37.5 Å². The van der Waals surface area contributed by atoms with Gasteiger partial charge < -0.3 is 14.5 Å². The Kier molecular flexibility index (Phi) is 4.14. The maximum atomic E-state index is 13.1. The molecule has 4 heteroatoms. The third-order valence-electron chi connectivity index (χ3n) is 5.14. The van der Waals surface area contributed by atoms with Gasteiger partial charge in [0.1, 0.15) is 0 Å². The molecule has 26 heavy (non-hydrogen) atoms. The summed E-state index contributed by atoms with van der Waals surface area (Å²) in [6.45, 7) is 10.4. The van der Waals surface area contributed by atoms with Crippen LogP contribution in [0.25, 0.3) is 0 Å². The monoisotopic (exact) mass is 350 g/mol. The molecule has 0 radical (unpaired) electrons. The highest BCUT2D eigenvalue weighted by atomic mass is 16.5. The average Bonchev–Trinajstić information content (AvgIpc) is 2.59. The van der Waals surface area contributed by atoms with Gasteiger partial charge in [0.05, 0.1) is 13.3 Å². The Morgan fingerprint density at radius 1 is 1.12 bits per heavy atom. The van der Waals surface area contributed by atoms with E-state index in [1.54, 1.807) is 0 Å². The first-order valence-corrected chi connectivity index (χ1v) is 9.32. The topological polar surface area (TPSA) is 32.8 Å². The van der Waals surface area contributed by atoms with E-state index in [1.165, 1.54) is 11.1 Å². The molecule has 136 valence electrons. The van der Waals surface area contributed by atoms with Crippen molar-refractivity contribution in [3.63, 3.8) is 0 Å². The van der Waals surface area contributed by atoms with E-state index in [9.17, 15) is 4.79 Å². The second-order valence-electron chi connectivity index (χ2n) is 7.93. The molecule has 2 heterocycles. The van der Waals surface area contributed by atoms with Crippen molar-refractivity contribution in [1.29, 1.82) is 0 Å². The third-order valence-corrected chi connectivity index (χ3v) is 5.14. The summed E-state index contributed by atoms with van der Waals surface area (Å²) < 4.78 is 5.67. The number of hydrogen-bond acceptors (Lipinski definition) is 4. The van der Waals surface area contributed by atoms with Crippen LogP contribution in [0.15, 0.2) is 36.4 Å². The molecule has 0 aromatic heterocycles. The third kappa shape index (κ3) is 2.83. The molecular formula is C22H26N2O2. The Morgan fingerprint density at radius 3 is 2.54 bits per heavy atom. The number of fused-ring (bicyclic) bond motifs is 6. The summed E-state index contributed by atoms with van der Waals surface area (Å²) >= 11 is 0. The van der Waals surface area contributed by atoms with E-state index >= 15 is 0 Å². The number of rotatable bonds is 3. The number of anilines is 2. The van der Waals surface area contributed by atoms with E-state index in [1.807, 2.05) is 0 Å². The Morgan fingerprint density at radius 2 is 1.81 bits per heavy atom. The summed E-state index contributed by atoms with van der Waals surface area (Å²) in [5.74, 6) is 0.172. The molecule has 0 spiro atoms. The van der Waals surface area contributed by atoms with Crippen LogP contribution in [0.2, 0.25) is 0 Å². The maximum Gasteiger partial charge on any atom is 0.333 e. The molecule has 0 unspecified atom stereocenters. The van der Waals surface area contributed by atoms with Gasteiger partial charge in [-0.3, -0.25) is 0 Å². The average molecular weight is 350 g/mol. The van der Waals surface area contributed by atoms with Crippen molar-refractivity contribution in [1.82, 2.24) is 0 Å². The van der Waals surface area contributed by atoms with Gasteiger partial charge in [0.15, 0.2) is 6.04 Å². The molecular weight excluding hydrogens is 324 g/mol. The molecule has 0 aliphatic carbocycles. The fourth-order valence-electron chi connectivity index (χ4n) is 3.95. The number of esters is 1. The van der Waals surface area contributed by atoms with Gasteiger partial charge in [0.2, 0.25) is 0 Å². The Bertz CT molecular complexity index is 859. The molecule has 0 N–H and O–H groups in total. The largest absolute Gasteiger partial charge is 0.464 e. The van der Waals surface area contributed by atoms with Crippen molar-refractivity contribution in [2.45, 2.75) is 40.3 Å². The van der Waals surface area contributed by atoms with Crippen molar-refractivity contribution in [2.24, 2.45) is 5.92 Å². The molecule has 2 aromatic carbocycles. The normalized spacial score (nSPS) is 17.8. The SMILES string of the molecule is Cc1ccc2c(c1)CN1CN2[C@H](C(=O)OCC(C)C)c2cc(C)ccc21. The highest BCUT2D eigenvalue weighted by molar-refractivity contribution is 5.87. The molecule has 4 nitrogen and oxygen atoms in total. The van der Waals surface area contributed by atoms with Crippen LogP contribution < -0.4 is 9.80 Å². The zero-order valence-corrected chi connectivity index (χ0v) is 16.0. The lowest BCUT2D eigenvalue weighted by atomic mass is 9.93. The first kappa shape index (κ1) is 17.0. The van der Waals surface area contributed by atoms with Crippen molar-refractivity contribution < 1.29 is 9.53 Å². The first-order valence-electron chi connectivity index (χ1n) is 9.32. The number of aryl methyl sites for hydroxylation is 2. The molecule has 0 saturated carbocycles. The lowest BCUT2D eigenvalue weighted by Gasteiger charge is -2.48. The molecule has 4 rings (SSSR count). The van der Waals surface area contributed by atoms with Gasteiger partial charge >= 0.3 is 5.97 Å². The van der Waals surface area contributed by atoms with E-state index in [0.29, 0.717) is 19.2 Å². The van der Waals surface area contributed by atoms with E-state index in [-0.39, 0.29) is 12.0 Å². The smallest absolute Gasteiger partial charge is 0.333 e. The number of hydrogen-bond donors (Lipinski definition) is 0. The minimum atomic E-state index is -0.387. The zero-order chi connectivity index (χ0) is 18.4. The van der Waals surface area contributed by atoms with Crippen molar-refractivity contribution in [3.05, 3.63) is 58.7 Å². The number of benzene rings is 2. The highest BCUT2D eigenvalue weighted by Crippen LogP contribution is 2.44. The second-order valence-corrected chi connectivity index (χ2v) is 7.93. The molecule has 2 bridgehead atoms. The van der Waals surface area contributed by atoms with Gasteiger partial charge in [-0.25, -0.2) is 4.79 Å². The Labute approximate surface area is 155 Å². The van der Waals surface area contributed by atoms with Crippen LogP contribution in [0.3, 0.4) is 0 Å². The van der Waals surface area contributed by atoms with Crippen molar-refractivity contribution in [2.75, 3.05) is 23.1 Å². The van der Waals surface area contributed by atoms with E-state index in [2.05, 4.69) is 73.9 Å². The molecule has 2 aromatic rings. The lowest BCUT2D eigenvalue weighted by molar-refractivity contribution is -0.146. The van der Waals surface area contributed by atoms with E-state index in [4.69, 9.17) is 4.74 Å². The summed E-state index contributed by atoms with van der Waals surface area (Å²) in [5, 5.41) is 0. The van der Waals surface area contributed by atoms with Gasteiger partial charge in [-0.15, -0.1) is 0 Å². The summed E-state index contributed by atoms with van der Waals surface area (Å²) in [6, 6.07) is 12.5. The van der Waals surface area contributed by atoms with E-state index in [0.717, 1.165) is 29.0 Å². The molecule has 0 amide bonds. The van der Waals surface area contributed by atoms with Gasteiger partial charge in [-0.2, -0.15) is 0 Å². The first-order chi connectivity index (χ1) is 12.4. The number of ether oxygens (including phenoxy) is 1. The summed E-state index contributed by atoms with van der Waals surface area (Å²) in [5.41, 5.74) is 7.02. The molecule has 2 aliphatic rings. The van der Waals surface area contributed by atoms with Gasteiger partial charge in [-0.1, -0.05) is 49.2 Å². The zero-order valence-electron chi connectivity index (χ0n) is 16.0. The Balaban J connectivity index is 1.81. The predicted octanol–water partition coefficient (Wildman–Crippen LogP) is 4.34. The molecule has 1 atom stereocenters. The second kappa shape index (κ2) is 6.35. The van der Waals surface area contributed by atoms with Crippen molar-refractivity contribution in [3.8, 4) is 0 Å².